The van der Waals surface area contributed by atoms with Crippen LogP contribution < -0.4 is 5.32 Å². The highest BCUT2D eigenvalue weighted by molar-refractivity contribution is 7.16. The molecule has 6 heteroatoms. The Morgan fingerprint density at radius 2 is 2.17 bits per heavy atom. The molecule has 1 N–H and O–H groups in total. The van der Waals surface area contributed by atoms with Gasteiger partial charge in [0.25, 0.3) is 5.91 Å². The second-order valence-corrected chi connectivity index (χ2v) is 5.63. The average molecular weight is 282 g/mol. The molecule has 94 valence electrons. The highest BCUT2D eigenvalue weighted by atomic mass is 35.5. The molecule has 0 aliphatic carbocycles. The van der Waals surface area contributed by atoms with Crippen LogP contribution in [0.25, 0.3) is 0 Å². The van der Waals surface area contributed by atoms with Gasteiger partial charge in [0.1, 0.15) is 5.69 Å². The summed E-state index contributed by atoms with van der Waals surface area (Å²) in [6.45, 7) is 3.73. The molecule has 2 aromatic heterocycles. The van der Waals surface area contributed by atoms with Gasteiger partial charge in [-0.15, -0.1) is 11.3 Å². The Morgan fingerprint density at radius 3 is 2.72 bits per heavy atom. The molecule has 2 rings (SSSR count). The van der Waals surface area contributed by atoms with E-state index in [0.29, 0.717) is 10.0 Å². The van der Waals surface area contributed by atoms with Crippen LogP contribution >= 0.6 is 22.9 Å². The molecular weight excluding hydrogens is 270 g/mol. The summed E-state index contributed by atoms with van der Waals surface area (Å²) in [5.41, 5.74) is 1.10. The minimum absolute atomic E-state index is 0.0990. The Kier molecular flexibility index (Phi) is 3.93. The molecule has 18 heavy (non-hydrogen) atoms. The Morgan fingerprint density at radius 1 is 1.39 bits per heavy atom. The summed E-state index contributed by atoms with van der Waals surface area (Å²) in [4.78, 5) is 21.0. The maximum Gasteiger partial charge on any atom is 0.271 e. The Labute approximate surface area is 114 Å². The molecular formula is C12H12ClN3OS. The van der Waals surface area contributed by atoms with Gasteiger partial charge in [0, 0.05) is 11.1 Å². The first-order valence-electron chi connectivity index (χ1n) is 5.41. The number of carbonyl (C=O) groups excluding carboxylic acids is 1. The van der Waals surface area contributed by atoms with Crippen molar-refractivity contribution in [3.05, 3.63) is 45.1 Å². The SMILES string of the molecule is Cc1cnc(C(=O)N[C@H](C)c2ccc(Cl)s2)cn1. The standard InChI is InChI=1S/C12H12ClN3OS/c1-7-5-15-9(6-14-7)12(17)16-8(2)10-3-4-11(13)18-10/h3-6,8H,1-2H3,(H,16,17)/t8-/m1/s1. The summed E-state index contributed by atoms with van der Waals surface area (Å²) in [7, 11) is 0. The zero-order chi connectivity index (χ0) is 13.1. The maximum atomic E-state index is 11.9. The largest absolute Gasteiger partial charge is 0.343 e. The number of amides is 1. The number of halogens is 1. The Balaban J connectivity index is 2.05. The molecule has 0 unspecified atom stereocenters. The number of nitrogens with zero attached hydrogens (tertiary/aromatic N) is 2. The lowest BCUT2D eigenvalue weighted by Gasteiger charge is -2.11. The van der Waals surface area contributed by atoms with Gasteiger partial charge >= 0.3 is 0 Å². The van der Waals surface area contributed by atoms with Crippen molar-refractivity contribution in [1.29, 1.82) is 0 Å². The van der Waals surface area contributed by atoms with E-state index in [-0.39, 0.29) is 11.9 Å². The molecule has 0 radical (unpaired) electrons. The van der Waals surface area contributed by atoms with Crippen molar-refractivity contribution in [3.63, 3.8) is 0 Å². The highest BCUT2D eigenvalue weighted by Crippen LogP contribution is 2.26. The fourth-order valence-electron chi connectivity index (χ4n) is 1.41. The number of nitrogens with one attached hydrogen (secondary N) is 1. The highest BCUT2D eigenvalue weighted by Gasteiger charge is 2.14. The number of hydrogen-bond donors (Lipinski definition) is 1. The topological polar surface area (TPSA) is 54.9 Å². The van der Waals surface area contributed by atoms with E-state index in [4.69, 9.17) is 11.6 Å². The predicted molar refractivity (Wildman–Crippen MR) is 72.0 cm³/mol. The zero-order valence-electron chi connectivity index (χ0n) is 9.98. The molecule has 2 heterocycles. The van der Waals surface area contributed by atoms with E-state index in [1.54, 1.807) is 6.20 Å². The van der Waals surface area contributed by atoms with E-state index >= 15 is 0 Å². The lowest BCUT2D eigenvalue weighted by Crippen LogP contribution is -2.27. The van der Waals surface area contributed by atoms with E-state index in [1.165, 1.54) is 17.5 Å². The molecule has 0 aliphatic heterocycles. The summed E-state index contributed by atoms with van der Waals surface area (Å²) >= 11 is 7.31. The lowest BCUT2D eigenvalue weighted by molar-refractivity contribution is 0.0935. The van der Waals surface area contributed by atoms with Gasteiger partial charge in [0.05, 0.1) is 22.3 Å². The molecule has 1 amide bonds. The van der Waals surface area contributed by atoms with Gasteiger partial charge in [-0.3, -0.25) is 9.78 Å². The second-order valence-electron chi connectivity index (χ2n) is 3.88. The summed E-state index contributed by atoms with van der Waals surface area (Å²) in [5.74, 6) is -0.237. The number of rotatable bonds is 3. The fraction of sp³-hybridized carbons (Fsp3) is 0.250. The first-order valence-corrected chi connectivity index (χ1v) is 6.60. The van der Waals surface area contributed by atoms with E-state index in [1.807, 2.05) is 26.0 Å². The van der Waals surface area contributed by atoms with Crippen LogP contribution in [0.15, 0.2) is 24.5 Å². The number of aromatic nitrogens is 2. The number of carbonyl (C=O) groups is 1. The van der Waals surface area contributed by atoms with Crippen LogP contribution in [0.1, 0.15) is 34.0 Å². The van der Waals surface area contributed by atoms with Crippen molar-refractivity contribution in [2.45, 2.75) is 19.9 Å². The molecule has 0 spiro atoms. The van der Waals surface area contributed by atoms with E-state index in [2.05, 4.69) is 15.3 Å². The van der Waals surface area contributed by atoms with Gasteiger partial charge in [-0.05, 0) is 26.0 Å². The number of thiophene rings is 1. The van der Waals surface area contributed by atoms with Gasteiger partial charge in [-0.2, -0.15) is 0 Å². The molecule has 4 nitrogen and oxygen atoms in total. The van der Waals surface area contributed by atoms with E-state index in [0.717, 1.165) is 10.6 Å². The Hall–Kier alpha value is -1.46. The summed E-state index contributed by atoms with van der Waals surface area (Å²) in [5, 5.41) is 2.86. The van der Waals surface area contributed by atoms with Crippen LogP contribution in [0.3, 0.4) is 0 Å². The first-order chi connectivity index (χ1) is 8.56. The van der Waals surface area contributed by atoms with Crippen LogP contribution in [0.2, 0.25) is 4.34 Å². The molecule has 0 aromatic carbocycles. The molecule has 0 saturated heterocycles. The summed E-state index contributed by atoms with van der Waals surface area (Å²) < 4.78 is 0.709. The van der Waals surface area contributed by atoms with Crippen LogP contribution in [0.4, 0.5) is 0 Å². The molecule has 2 aromatic rings. The normalized spacial score (nSPS) is 12.2. The van der Waals surface area contributed by atoms with Gasteiger partial charge in [-0.1, -0.05) is 11.6 Å². The zero-order valence-corrected chi connectivity index (χ0v) is 11.5. The van der Waals surface area contributed by atoms with Crippen molar-refractivity contribution in [2.75, 3.05) is 0 Å². The van der Waals surface area contributed by atoms with Gasteiger partial charge < -0.3 is 5.32 Å². The molecule has 0 saturated carbocycles. The molecule has 0 aliphatic rings. The van der Waals surface area contributed by atoms with Gasteiger partial charge in [0.2, 0.25) is 0 Å². The maximum absolute atomic E-state index is 11.9. The van der Waals surface area contributed by atoms with E-state index < -0.39 is 0 Å². The quantitative estimate of drug-likeness (QED) is 0.941. The number of hydrogen-bond acceptors (Lipinski definition) is 4. The summed E-state index contributed by atoms with van der Waals surface area (Å²) in [6.07, 6.45) is 3.04. The molecule has 0 fully saturated rings. The van der Waals surface area contributed by atoms with Crippen LogP contribution in [-0.2, 0) is 0 Å². The summed E-state index contributed by atoms with van der Waals surface area (Å²) in [6, 6.07) is 3.62. The van der Waals surface area contributed by atoms with Crippen molar-refractivity contribution < 1.29 is 4.79 Å². The molecule has 0 bridgehead atoms. The smallest absolute Gasteiger partial charge is 0.271 e. The van der Waals surface area contributed by atoms with Crippen molar-refractivity contribution in [3.8, 4) is 0 Å². The van der Waals surface area contributed by atoms with Crippen molar-refractivity contribution in [1.82, 2.24) is 15.3 Å². The van der Waals surface area contributed by atoms with Gasteiger partial charge in [-0.25, -0.2) is 4.98 Å². The predicted octanol–water partition coefficient (Wildman–Crippen LogP) is 2.99. The fourth-order valence-corrected chi connectivity index (χ4v) is 2.48. The minimum Gasteiger partial charge on any atom is -0.343 e. The van der Waals surface area contributed by atoms with Gasteiger partial charge in [0.15, 0.2) is 0 Å². The monoisotopic (exact) mass is 281 g/mol. The Bertz CT molecular complexity index is 553. The molecule has 1 atom stereocenters. The third kappa shape index (κ3) is 3.05. The van der Waals surface area contributed by atoms with Crippen molar-refractivity contribution in [2.24, 2.45) is 0 Å². The third-order valence-corrected chi connectivity index (χ3v) is 3.80. The lowest BCUT2D eigenvalue weighted by atomic mass is 10.2. The van der Waals surface area contributed by atoms with Crippen LogP contribution in [0.5, 0.6) is 0 Å². The average Bonchev–Trinajstić information content (AvgIpc) is 2.76. The van der Waals surface area contributed by atoms with Crippen LogP contribution in [0, 0.1) is 6.92 Å². The van der Waals surface area contributed by atoms with E-state index in [9.17, 15) is 4.79 Å². The van der Waals surface area contributed by atoms with Crippen molar-refractivity contribution >= 4 is 28.8 Å². The third-order valence-electron chi connectivity index (χ3n) is 2.38. The second kappa shape index (κ2) is 5.46. The first kappa shape index (κ1) is 13.0. The minimum atomic E-state index is -0.237. The number of aryl methyl sites for hydroxylation is 1. The van der Waals surface area contributed by atoms with Crippen LogP contribution in [-0.4, -0.2) is 15.9 Å².